The number of fused-ring (bicyclic) bond motifs is 3. The van der Waals surface area contributed by atoms with Gasteiger partial charge in [-0.3, -0.25) is 0 Å². The normalized spacial score (nSPS) is 30.6. The molecule has 1 aromatic carbocycles. The molecule has 1 unspecified atom stereocenters. The van der Waals surface area contributed by atoms with Gasteiger partial charge in [-0.2, -0.15) is 0 Å². The summed E-state index contributed by atoms with van der Waals surface area (Å²) < 4.78 is 0. The molecule has 0 spiro atoms. The predicted molar refractivity (Wildman–Crippen MR) is 76.5 cm³/mol. The van der Waals surface area contributed by atoms with Crippen LogP contribution in [0.2, 0.25) is 0 Å². The summed E-state index contributed by atoms with van der Waals surface area (Å²) in [6.07, 6.45) is 8.26. The lowest BCUT2D eigenvalue weighted by Crippen LogP contribution is -2.48. The van der Waals surface area contributed by atoms with E-state index in [1.54, 1.807) is 0 Å². The van der Waals surface area contributed by atoms with E-state index in [1.807, 2.05) is 12.1 Å². The van der Waals surface area contributed by atoms with E-state index < -0.39 is 0 Å². The largest absolute Gasteiger partial charge is 0.399 e. The molecule has 3 saturated heterocycles. The SMILES string of the molecule is Nc1ccc(CCCC2CC3CCN2CC3)cc1. The second-order valence-corrected chi connectivity index (χ2v) is 6.00. The van der Waals surface area contributed by atoms with Crippen molar-refractivity contribution in [1.82, 2.24) is 4.90 Å². The van der Waals surface area contributed by atoms with E-state index in [0.29, 0.717) is 0 Å². The first-order chi connectivity index (χ1) is 8.81. The molecule has 1 atom stereocenters. The number of rotatable bonds is 4. The molecule has 98 valence electrons. The highest BCUT2D eigenvalue weighted by molar-refractivity contribution is 5.39. The van der Waals surface area contributed by atoms with E-state index >= 15 is 0 Å². The molecule has 0 aromatic heterocycles. The molecule has 2 bridgehead atoms. The third kappa shape index (κ3) is 2.69. The van der Waals surface area contributed by atoms with Crippen LogP contribution in [0, 0.1) is 5.92 Å². The van der Waals surface area contributed by atoms with Crippen molar-refractivity contribution in [2.45, 2.75) is 44.6 Å². The van der Waals surface area contributed by atoms with Crippen LogP contribution in [0.4, 0.5) is 5.69 Å². The molecule has 2 nitrogen and oxygen atoms in total. The Bertz CT molecular complexity index is 377. The Morgan fingerprint density at radius 2 is 1.83 bits per heavy atom. The molecule has 2 N–H and O–H groups in total. The van der Waals surface area contributed by atoms with Crippen molar-refractivity contribution in [2.24, 2.45) is 5.92 Å². The summed E-state index contributed by atoms with van der Waals surface area (Å²) in [4.78, 5) is 2.73. The lowest BCUT2D eigenvalue weighted by Gasteiger charge is -2.45. The fourth-order valence-electron chi connectivity index (χ4n) is 3.61. The van der Waals surface area contributed by atoms with Crippen LogP contribution in [-0.2, 0) is 6.42 Å². The second-order valence-electron chi connectivity index (χ2n) is 6.00. The molecule has 2 heteroatoms. The van der Waals surface area contributed by atoms with Gasteiger partial charge in [-0.05, 0) is 75.2 Å². The Hall–Kier alpha value is -1.02. The van der Waals surface area contributed by atoms with E-state index in [0.717, 1.165) is 17.6 Å². The molecule has 0 saturated carbocycles. The van der Waals surface area contributed by atoms with Gasteiger partial charge in [-0.15, -0.1) is 0 Å². The summed E-state index contributed by atoms with van der Waals surface area (Å²) in [6, 6.07) is 9.25. The lowest BCUT2D eigenvalue weighted by atomic mass is 9.81. The van der Waals surface area contributed by atoms with Crippen LogP contribution in [-0.4, -0.2) is 24.0 Å². The van der Waals surface area contributed by atoms with Crippen molar-refractivity contribution >= 4 is 5.69 Å². The van der Waals surface area contributed by atoms with Crippen LogP contribution in [0.25, 0.3) is 0 Å². The minimum absolute atomic E-state index is 0.870. The summed E-state index contributed by atoms with van der Waals surface area (Å²) in [6.45, 7) is 2.72. The van der Waals surface area contributed by atoms with E-state index in [4.69, 9.17) is 5.73 Å². The number of nitrogens with zero attached hydrogens (tertiary/aromatic N) is 1. The average Bonchev–Trinajstić information content (AvgIpc) is 2.42. The fourth-order valence-corrected chi connectivity index (χ4v) is 3.61. The number of aryl methyl sites for hydroxylation is 1. The van der Waals surface area contributed by atoms with Crippen LogP contribution in [0.1, 0.15) is 37.7 Å². The van der Waals surface area contributed by atoms with Gasteiger partial charge in [0.25, 0.3) is 0 Å². The predicted octanol–water partition coefficient (Wildman–Crippen LogP) is 3.08. The van der Waals surface area contributed by atoms with Crippen molar-refractivity contribution < 1.29 is 0 Å². The molecule has 3 aliphatic rings. The first-order valence-electron chi connectivity index (χ1n) is 7.40. The van der Waals surface area contributed by atoms with Gasteiger partial charge in [0.15, 0.2) is 0 Å². The highest BCUT2D eigenvalue weighted by Gasteiger charge is 2.32. The molecule has 0 amide bonds. The fraction of sp³-hybridized carbons (Fsp3) is 0.625. The zero-order valence-corrected chi connectivity index (χ0v) is 11.1. The minimum Gasteiger partial charge on any atom is -0.399 e. The van der Waals surface area contributed by atoms with Crippen molar-refractivity contribution in [3.05, 3.63) is 29.8 Å². The maximum atomic E-state index is 5.71. The van der Waals surface area contributed by atoms with E-state index in [2.05, 4.69) is 17.0 Å². The first kappa shape index (κ1) is 12.0. The Morgan fingerprint density at radius 3 is 2.44 bits per heavy atom. The topological polar surface area (TPSA) is 29.3 Å². The Balaban J connectivity index is 1.46. The number of piperidine rings is 3. The Labute approximate surface area is 110 Å². The Morgan fingerprint density at radius 1 is 1.11 bits per heavy atom. The van der Waals surface area contributed by atoms with Crippen LogP contribution >= 0.6 is 0 Å². The molecule has 0 aliphatic carbocycles. The molecule has 18 heavy (non-hydrogen) atoms. The Kier molecular flexibility index (Phi) is 3.55. The highest BCUT2D eigenvalue weighted by atomic mass is 15.2. The van der Waals surface area contributed by atoms with Crippen molar-refractivity contribution in [3.8, 4) is 0 Å². The number of nitrogen functional groups attached to an aromatic ring is 1. The van der Waals surface area contributed by atoms with E-state index in [9.17, 15) is 0 Å². The van der Waals surface area contributed by atoms with Crippen LogP contribution in [0.5, 0.6) is 0 Å². The third-order valence-electron chi connectivity index (χ3n) is 4.75. The number of nitrogens with two attached hydrogens (primary N) is 1. The van der Waals surface area contributed by atoms with Gasteiger partial charge in [0, 0.05) is 11.7 Å². The van der Waals surface area contributed by atoms with Gasteiger partial charge in [-0.25, -0.2) is 0 Å². The highest BCUT2D eigenvalue weighted by Crippen LogP contribution is 2.33. The summed E-state index contributed by atoms with van der Waals surface area (Å²) >= 11 is 0. The van der Waals surface area contributed by atoms with Crippen LogP contribution < -0.4 is 5.73 Å². The molecule has 3 heterocycles. The smallest absolute Gasteiger partial charge is 0.0314 e. The van der Waals surface area contributed by atoms with E-state index in [1.165, 1.54) is 57.2 Å². The third-order valence-corrected chi connectivity index (χ3v) is 4.75. The quantitative estimate of drug-likeness (QED) is 0.825. The first-order valence-corrected chi connectivity index (χ1v) is 7.40. The van der Waals surface area contributed by atoms with Crippen molar-refractivity contribution in [1.29, 1.82) is 0 Å². The standard InChI is InChI=1S/C16H24N2/c17-15-6-4-13(5-7-15)2-1-3-16-12-14-8-10-18(16)11-9-14/h4-7,14,16H,1-3,8-12,17H2. The van der Waals surface area contributed by atoms with Gasteiger partial charge >= 0.3 is 0 Å². The monoisotopic (exact) mass is 244 g/mol. The van der Waals surface area contributed by atoms with Crippen LogP contribution in [0.3, 0.4) is 0 Å². The van der Waals surface area contributed by atoms with E-state index in [-0.39, 0.29) is 0 Å². The van der Waals surface area contributed by atoms with Gasteiger partial charge in [0.05, 0.1) is 0 Å². The van der Waals surface area contributed by atoms with Crippen molar-refractivity contribution in [3.63, 3.8) is 0 Å². The zero-order valence-electron chi connectivity index (χ0n) is 11.1. The van der Waals surface area contributed by atoms with Gasteiger partial charge in [0.1, 0.15) is 0 Å². The molecule has 3 aliphatic heterocycles. The maximum absolute atomic E-state index is 5.71. The average molecular weight is 244 g/mol. The molecular weight excluding hydrogens is 220 g/mol. The number of anilines is 1. The molecular formula is C16H24N2. The number of benzene rings is 1. The maximum Gasteiger partial charge on any atom is 0.0314 e. The second kappa shape index (κ2) is 5.31. The number of hydrogen-bond donors (Lipinski definition) is 1. The van der Waals surface area contributed by atoms with Gasteiger partial charge in [0.2, 0.25) is 0 Å². The molecule has 4 rings (SSSR count). The summed E-state index contributed by atoms with van der Waals surface area (Å²) in [5, 5.41) is 0. The molecule has 0 radical (unpaired) electrons. The van der Waals surface area contributed by atoms with Crippen molar-refractivity contribution in [2.75, 3.05) is 18.8 Å². The zero-order chi connectivity index (χ0) is 12.4. The van der Waals surface area contributed by atoms with Gasteiger partial charge in [-0.1, -0.05) is 12.1 Å². The molecule has 1 aromatic rings. The summed E-state index contributed by atoms with van der Waals surface area (Å²) in [5.41, 5.74) is 8.01. The summed E-state index contributed by atoms with van der Waals surface area (Å²) in [5.74, 6) is 1.04. The number of hydrogen-bond acceptors (Lipinski definition) is 2. The lowest BCUT2D eigenvalue weighted by molar-refractivity contribution is 0.0442. The minimum atomic E-state index is 0.870. The molecule has 3 fully saturated rings. The van der Waals surface area contributed by atoms with Gasteiger partial charge < -0.3 is 10.6 Å². The summed E-state index contributed by atoms with van der Waals surface area (Å²) in [7, 11) is 0. The van der Waals surface area contributed by atoms with Crippen LogP contribution in [0.15, 0.2) is 24.3 Å².